The topological polar surface area (TPSA) is 123 Å². The van der Waals surface area contributed by atoms with Crippen LogP contribution in [-0.2, 0) is 24.6 Å². The number of rotatable bonds is 11. The van der Waals surface area contributed by atoms with E-state index in [9.17, 15) is 14.7 Å². The van der Waals surface area contributed by atoms with Crippen LogP contribution in [0.25, 0.3) is 12.2 Å². The van der Waals surface area contributed by atoms with Crippen molar-refractivity contribution < 1.29 is 38.5 Å². The number of fused-ring (bicyclic) bond motifs is 4. The number of halogens is 1. The lowest BCUT2D eigenvalue weighted by Gasteiger charge is -2.51. The molecule has 6 atom stereocenters. The lowest BCUT2D eigenvalue weighted by molar-refractivity contribution is -0.127. The van der Waals surface area contributed by atoms with Crippen LogP contribution < -0.4 is 24.0 Å². The number of methoxy groups -OCH3 is 2. The predicted molar refractivity (Wildman–Crippen MR) is 233 cm³/mol. The fourth-order valence-electron chi connectivity index (χ4n) is 10.2. The van der Waals surface area contributed by atoms with E-state index in [2.05, 4.69) is 0 Å². The summed E-state index contributed by atoms with van der Waals surface area (Å²) >= 11 is 6.46. The van der Waals surface area contributed by atoms with Crippen molar-refractivity contribution in [3.8, 4) is 17.2 Å². The summed E-state index contributed by atoms with van der Waals surface area (Å²) in [4.78, 5) is 62.5. The van der Waals surface area contributed by atoms with E-state index in [1.54, 1.807) is 56.7 Å². The fourth-order valence-corrected chi connectivity index (χ4v) is 10.4. The van der Waals surface area contributed by atoms with E-state index < -0.39 is 46.8 Å². The van der Waals surface area contributed by atoms with Gasteiger partial charge < -0.3 is 19.3 Å². The molecule has 0 bridgehead atoms. The van der Waals surface area contributed by atoms with Gasteiger partial charge in [-0.25, -0.2) is 4.90 Å². The van der Waals surface area contributed by atoms with E-state index in [1.165, 1.54) is 9.80 Å². The zero-order chi connectivity index (χ0) is 42.4. The van der Waals surface area contributed by atoms with Crippen LogP contribution >= 0.6 is 11.6 Å². The molecule has 2 heterocycles. The Morgan fingerprint density at radius 1 is 0.738 bits per heavy atom. The van der Waals surface area contributed by atoms with Gasteiger partial charge in [0.15, 0.2) is 0 Å². The summed E-state index contributed by atoms with van der Waals surface area (Å²) in [6.45, 7) is -0.229. The third-order valence-electron chi connectivity index (χ3n) is 12.8. The molecule has 2 saturated heterocycles. The number of carbonyl (C=O) groups excluding carboxylic acids is 4. The molecule has 0 radical (unpaired) electrons. The Bertz CT molecular complexity index is 2610. The number of carbonyl (C=O) groups is 4. The number of nitrogens with zero attached hydrogens (tertiary/aromatic N) is 2. The van der Waals surface area contributed by atoms with Gasteiger partial charge in [-0.1, -0.05) is 102 Å². The maximum absolute atomic E-state index is 15.6. The Morgan fingerprint density at radius 2 is 1.51 bits per heavy atom. The SMILES string of the molecule is COc1ccc(OC)c(C=Cc2ccc(N3C(=O)C4CC=C5C(CC6C(=O)N(c7cccc(Cl)c7)C(=O)C6(c6ccccc6)C5c5ccccc5OCCO)C4C3=O)cc2)c1. The molecule has 2 aliphatic heterocycles. The average molecular weight is 835 g/mol. The smallest absolute Gasteiger partial charge is 0.246 e. The second-order valence-corrected chi connectivity index (χ2v) is 16.2. The molecule has 4 aliphatic rings. The first-order valence-electron chi connectivity index (χ1n) is 20.3. The number of imide groups is 2. The summed E-state index contributed by atoms with van der Waals surface area (Å²) < 4.78 is 17.1. The van der Waals surface area contributed by atoms with Crippen molar-refractivity contribution in [1.82, 2.24) is 0 Å². The van der Waals surface area contributed by atoms with Crippen molar-refractivity contribution in [3.63, 3.8) is 0 Å². The van der Waals surface area contributed by atoms with Gasteiger partial charge in [-0.05, 0) is 84.5 Å². The number of aliphatic hydroxyl groups is 1. The molecule has 5 aromatic rings. The van der Waals surface area contributed by atoms with E-state index in [4.69, 9.17) is 25.8 Å². The van der Waals surface area contributed by atoms with Gasteiger partial charge in [0.1, 0.15) is 23.9 Å². The number of allylic oxidation sites excluding steroid dienone is 2. The monoisotopic (exact) mass is 834 g/mol. The number of amides is 4. The van der Waals surface area contributed by atoms with E-state index in [0.717, 1.165) is 16.7 Å². The molecule has 3 fully saturated rings. The van der Waals surface area contributed by atoms with Gasteiger partial charge in [-0.2, -0.15) is 0 Å². The summed E-state index contributed by atoms with van der Waals surface area (Å²) in [7, 11) is 3.21. The van der Waals surface area contributed by atoms with Gasteiger partial charge in [0.25, 0.3) is 0 Å². The van der Waals surface area contributed by atoms with Crippen molar-refractivity contribution in [2.45, 2.75) is 24.2 Å². The summed E-state index contributed by atoms with van der Waals surface area (Å²) in [5.74, 6) is -3.32. The van der Waals surface area contributed by atoms with Crippen molar-refractivity contribution in [3.05, 3.63) is 160 Å². The van der Waals surface area contributed by atoms with Crippen molar-refractivity contribution in [2.75, 3.05) is 37.2 Å². The predicted octanol–water partition coefficient (Wildman–Crippen LogP) is 8.27. The zero-order valence-electron chi connectivity index (χ0n) is 33.6. The Hall–Kier alpha value is -6.49. The number of hydrogen-bond donors (Lipinski definition) is 1. The molecule has 6 unspecified atom stereocenters. The number of hydrogen-bond acceptors (Lipinski definition) is 8. The lowest BCUT2D eigenvalue weighted by atomic mass is 9.49. The molecule has 0 spiro atoms. The third-order valence-corrected chi connectivity index (χ3v) is 13.0. The van der Waals surface area contributed by atoms with Gasteiger partial charge in [-0.15, -0.1) is 0 Å². The first kappa shape index (κ1) is 39.9. The molecule has 5 aromatic carbocycles. The van der Waals surface area contributed by atoms with Crippen LogP contribution in [0.5, 0.6) is 17.2 Å². The van der Waals surface area contributed by atoms with Crippen molar-refractivity contribution in [1.29, 1.82) is 0 Å². The van der Waals surface area contributed by atoms with Crippen LogP contribution in [0, 0.1) is 23.7 Å². The summed E-state index contributed by atoms with van der Waals surface area (Å²) in [6.07, 6.45) is 6.28. The average Bonchev–Trinajstić information content (AvgIpc) is 3.68. The van der Waals surface area contributed by atoms with E-state index in [-0.39, 0.29) is 37.9 Å². The maximum atomic E-state index is 15.6. The molecule has 2 aliphatic carbocycles. The molecule has 10 nitrogen and oxygen atoms in total. The highest BCUT2D eigenvalue weighted by Gasteiger charge is 2.70. The Morgan fingerprint density at radius 3 is 2.25 bits per heavy atom. The van der Waals surface area contributed by atoms with Gasteiger partial charge in [-0.3, -0.25) is 24.1 Å². The molecular weight excluding hydrogens is 792 g/mol. The molecule has 0 aromatic heterocycles. The second-order valence-electron chi connectivity index (χ2n) is 15.7. The molecule has 4 amide bonds. The van der Waals surface area contributed by atoms with Gasteiger partial charge in [0.2, 0.25) is 23.6 Å². The molecule has 1 N–H and O–H groups in total. The quantitative estimate of drug-likeness (QED) is 0.0802. The Balaban J connectivity index is 1.13. The van der Waals surface area contributed by atoms with Gasteiger partial charge in [0.05, 0.1) is 55.4 Å². The minimum atomic E-state index is -1.46. The fraction of sp³-hybridized carbons (Fsp3) is 0.240. The zero-order valence-corrected chi connectivity index (χ0v) is 34.3. The molecule has 61 heavy (non-hydrogen) atoms. The second kappa shape index (κ2) is 16.2. The minimum Gasteiger partial charge on any atom is -0.497 e. The Labute approximate surface area is 358 Å². The van der Waals surface area contributed by atoms with Crippen LogP contribution in [-0.4, -0.2) is 56.2 Å². The lowest BCUT2D eigenvalue weighted by Crippen LogP contribution is -2.53. The first-order chi connectivity index (χ1) is 29.7. The van der Waals surface area contributed by atoms with E-state index >= 15 is 9.59 Å². The van der Waals surface area contributed by atoms with E-state index in [0.29, 0.717) is 44.8 Å². The van der Waals surface area contributed by atoms with Gasteiger partial charge >= 0.3 is 0 Å². The standard InChI is InChI=1S/C50H43ClN2O8/c1-59-36-21-24-42(60-2)31(27-36)18-15-30-16-19-34(20-17-30)52-46(55)39-23-22-37-40(44(39)48(52)57)29-41-47(56)53(35-12-8-11-33(51)28-35)49(58)50(41,32-9-4-3-5-10-32)45(37)38-13-6-7-14-43(38)61-26-25-54/h3-22,24,27-28,39-41,44-45,54H,23,25-26,29H2,1-2H3. The molecule has 11 heteroatoms. The number of benzene rings is 5. The third kappa shape index (κ3) is 6.52. The largest absolute Gasteiger partial charge is 0.497 e. The highest BCUT2D eigenvalue weighted by Crippen LogP contribution is 2.65. The number of ether oxygens (including phenoxy) is 3. The number of anilines is 2. The van der Waals surface area contributed by atoms with Gasteiger partial charge in [0, 0.05) is 22.1 Å². The van der Waals surface area contributed by atoms with Crippen LogP contribution in [0.15, 0.2) is 133 Å². The highest BCUT2D eigenvalue weighted by molar-refractivity contribution is 6.32. The molecule has 1 saturated carbocycles. The number of para-hydroxylation sites is 1. The highest BCUT2D eigenvalue weighted by atomic mass is 35.5. The van der Waals surface area contributed by atoms with Crippen molar-refractivity contribution >= 4 is 58.8 Å². The minimum absolute atomic E-state index is 0.00587. The van der Waals surface area contributed by atoms with Crippen molar-refractivity contribution in [2.24, 2.45) is 23.7 Å². The van der Waals surface area contributed by atoms with E-state index in [1.807, 2.05) is 97.1 Å². The summed E-state index contributed by atoms with van der Waals surface area (Å²) in [5.41, 5.74) is 3.13. The normalized spacial score (nSPS) is 24.4. The maximum Gasteiger partial charge on any atom is 0.246 e. The van der Waals surface area contributed by atoms with Crippen LogP contribution in [0.1, 0.15) is 41.0 Å². The first-order valence-corrected chi connectivity index (χ1v) is 20.7. The Kier molecular flexibility index (Phi) is 10.6. The molecule has 9 rings (SSSR count). The number of aliphatic hydroxyl groups excluding tert-OH is 1. The van der Waals surface area contributed by atoms with Crippen LogP contribution in [0.4, 0.5) is 11.4 Å². The van der Waals surface area contributed by atoms with Crippen LogP contribution in [0.3, 0.4) is 0 Å². The molecule has 308 valence electrons. The summed E-state index contributed by atoms with van der Waals surface area (Å²) in [5, 5.41) is 10.2. The molecular formula is C50H43ClN2O8. The van der Waals surface area contributed by atoms with Crippen LogP contribution in [0.2, 0.25) is 5.02 Å². The summed E-state index contributed by atoms with van der Waals surface area (Å²) in [6, 6.07) is 36.2.